The second-order valence-corrected chi connectivity index (χ2v) is 5.17. The summed E-state index contributed by atoms with van der Waals surface area (Å²) in [5.74, 6) is 0.772. The van der Waals surface area contributed by atoms with Crippen molar-refractivity contribution in [1.82, 2.24) is 5.32 Å². The summed E-state index contributed by atoms with van der Waals surface area (Å²) in [4.78, 5) is 0. The molecule has 1 aromatic rings. The smallest absolute Gasteiger partial charge is 0.123 e. The van der Waals surface area contributed by atoms with Gasteiger partial charge < -0.3 is 5.32 Å². The maximum Gasteiger partial charge on any atom is 0.123 e. The minimum absolute atomic E-state index is 0.146. The second kappa shape index (κ2) is 6.15. The lowest BCUT2D eigenvalue weighted by molar-refractivity contribution is 0.454. The van der Waals surface area contributed by atoms with Gasteiger partial charge >= 0.3 is 0 Å². The molecule has 0 heterocycles. The van der Waals surface area contributed by atoms with E-state index >= 15 is 0 Å². The number of benzene rings is 1. The Kier molecular flexibility index (Phi) is 4.55. The largest absolute Gasteiger partial charge is 0.310 e. The van der Waals surface area contributed by atoms with Crippen LogP contribution in [0.1, 0.15) is 50.6 Å². The van der Waals surface area contributed by atoms with Gasteiger partial charge in [-0.05, 0) is 43.5 Å². The maximum atomic E-state index is 13.1. The van der Waals surface area contributed by atoms with Crippen molar-refractivity contribution < 1.29 is 4.39 Å². The zero-order valence-corrected chi connectivity index (χ0v) is 10.6. The van der Waals surface area contributed by atoms with Crippen LogP contribution in [0.2, 0.25) is 0 Å². The van der Waals surface area contributed by atoms with Crippen LogP contribution >= 0.6 is 0 Å². The van der Waals surface area contributed by atoms with Crippen molar-refractivity contribution in [2.45, 2.75) is 45.1 Å². The van der Waals surface area contributed by atoms with Crippen molar-refractivity contribution in [2.24, 2.45) is 5.92 Å². The molecule has 1 saturated carbocycles. The first-order valence-electron chi connectivity index (χ1n) is 6.74. The first-order chi connectivity index (χ1) is 8.25. The minimum atomic E-state index is -0.146. The zero-order chi connectivity index (χ0) is 12.1. The highest BCUT2D eigenvalue weighted by Crippen LogP contribution is 2.27. The summed E-state index contributed by atoms with van der Waals surface area (Å²) < 4.78 is 13.1. The molecular formula is C15H22FN. The normalized spacial score (nSPS) is 18.5. The molecule has 1 aliphatic rings. The number of nitrogens with one attached hydrogen (secondary N) is 1. The molecule has 1 nitrogen and oxygen atoms in total. The van der Waals surface area contributed by atoms with E-state index in [-0.39, 0.29) is 11.9 Å². The molecule has 1 unspecified atom stereocenters. The van der Waals surface area contributed by atoms with Gasteiger partial charge in [0.2, 0.25) is 0 Å². The molecule has 94 valence electrons. The molecule has 1 aliphatic carbocycles. The van der Waals surface area contributed by atoms with Gasteiger partial charge in [0.1, 0.15) is 5.82 Å². The standard InChI is InChI=1S/C15H22FN/c1-12(14-7-4-8-15(16)11-14)17-10-9-13-5-2-3-6-13/h4,7-8,11-13,17H,2-3,5-6,9-10H2,1H3. The molecule has 1 fully saturated rings. The maximum absolute atomic E-state index is 13.1. The van der Waals surface area contributed by atoms with Gasteiger partial charge in [0.25, 0.3) is 0 Å². The number of hydrogen-bond donors (Lipinski definition) is 1. The van der Waals surface area contributed by atoms with Crippen LogP contribution in [-0.2, 0) is 0 Å². The van der Waals surface area contributed by atoms with E-state index in [2.05, 4.69) is 12.2 Å². The molecular weight excluding hydrogens is 213 g/mol. The Morgan fingerprint density at radius 3 is 2.82 bits per heavy atom. The van der Waals surface area contributed by atoms with Gasteiger partial charge in [-0.15, -0.1) is 0 Å². The van der Waals surface area contributed by atoms with Gasteiger partial charge in [-0.1, -0.05) is 37.8 Å². The summed E-state index contributed by atoms with van der Waals surface area (Å²) in [5.41, 5.74) is 1.04. The van der Waals surface area contributed by atoms with E-state index in [0.717, 1.165) is 18.0 Å². The van der Waals surface area contributed by atoms with Crippen LogP contribution in [0, 0.1) is 11.7 Å². The third kappa shape index (κ3) is 3.81. The van der Waals surface area contributed by atoms with Crippen LogP contribution in [0.4, 0.5) is 4.39 Å². The highest BCUT2D eigenvalue weighted by Gasteiger charge is 2.14. The predicted molar refractivity (Wildman–Crippen MR) is 69.4 cm³/mol. The van der Waals surface area contributed by atoms with Crippen LogP contribution in [0.25, 0.3) is 0 Å². The van der Waals surface area contributed by atoms with Crippen molar-refractivity contribution in [3.8, 4) is 0 Å². The highest BCUT2D eigenvalue weighted by molar-refractivity contribution is 5.19. The summed E-state index contributed by atoms with van der Waals surface area (Å²) in [6.45, 7) is 3.14. The lowest BCUT2D eigenvalue weighted by Gasteiger charge is -2.16. The van der Waals surface area contributed by atoms with Crippen LogP contribution in [0.5, 0.6) is 0 Å². The zero-order valence-electron chi connectivity index (χ0n) is 10.6. The van der Waals surface area contributed by atoms with Gasteiger partial charge in [0, 0.05) is 6.04 Å². The molecule has 17 heavy (non-hydrogen) atoms. The van der Waals surface area contributed by atoms with Crippen LogP contribution in [0.15, 0.2) is 24.3 Å². The van der Waals surface area contributed by atoms with E-state index < -0.39 is 0 Å². The molecule has 1 atom stereocenters. The number of rotatable bonds is 5. The van der Waals surface area contributed by atoms with Gasteiger partial charge in [0.05, 0.1) is 0 Å². The monoisotopic (exact) mass is 235 g/mol. The third-order valence-corrected chi connectivity index (χ3v) is 3.83. The van der Waals surface area contributed by atoms with E-state index in [4.69, 9.17) is 0 Å². The predicted octanol–water partition coefficient (Wildman–Crippen LogP) is 4.06. The molecule has 0 spiro atoms. The molecule has 2 rings (SSSR count). The van der Waals surface area contributed by atoms with Gasteiger partial charge in [-0.3, -0.25) is 0 Å². The summed E-state index contributed by atoms with van der Waals surface area (Å²) in [7, 11) is 0. The van der Waals surface area contributed by atoms with Crippen molar-refractivity contribution in [3.05, 3.63) is 35.6 Å². The molecule has 0 aliphatic heterocycles. The minimum Gasteiger partial charge on any atom is -0.310 e. The van der Waals surface area contributed by atoms with Crippen molar-refractivity contribution in [3.63, 3.8) is 0 Å². The van der Waals surface area contributed by atoms with Crippen LogP contribution < -0.4 is 5.32 Å². The Bertz CT molecular complexity index is 345. The SMILES string of the molecule is CC(NCCC1CCCC1)c1cccc(F)c1. The Hall–Kier alpha value is -0.890. The first kappa shape index (κ1) is 12.6. The molecule has 1 aromatic carbocycles. The first-order valence-corrected chi connectivity index (χ1v) is 6.74. The van der Waals surface area contributed by atoms with Crippen molar-refractivity contribution in [2.75, 3.05) is 6.54 Å². The molecule has 1 N–H and O–H groups in total. The quantitative estimate of drug-likeness (QED) is 0.811. The van der Waals surface area contributed by atoms with Crippen LogP contribution in [0.3, 0.4) is 0 Å². The lowest BCUT2D eigenvalue weighted by atomic mass is 10.0. The van der Waals surface area contributed by atoms with Crippen LogP contribution in [-0.4, -0.2) is 6.54 Å². The van der Waals surface area contributed by atoms with Crippen molar-refractivity contribution >= 4 is 0 Å². The molecule has 0 aromatic heterocycles. The average molecular weight is 235 g/mol. The van der Waals surface area contributed by atoms with E-state index in [1.165, 1.54) is 38.2 Å². The summed E-state index contributed by atoms with van der Waals surface area (Å²) in [6.07, 6.45) is 6.87. The molecule has 2 heteroatoms. The fourth-order valence-corrected chi connectivity index (χ4v) is 2.70. The highest BCUT2D eigenvalue weighted by atomic mass is 19.1. The summed E-state index contributed by atoms with van der Waals surface area (Å²) in [5, 5.41) is 3.49. The van der Waals surface area contributed by atoms with Gasteiger partial charge in [0.15, 0.2) is 0 Å². The second-order valence-electron chi connectivity index (χ2n) is 5.17. The average Bonchev–Trinajstić information content (AvgIpc) is 2.82. The van der Waals surface area contributed by atoms with E-state index in [1.54, 1.807) is 12.1 Å². The Morgan fingerprint density at radius 1 is 1.35 bits per heavy atom. The third-order valence-electron chi connectivity index (χ3n) is 3.83. The fourth-order valence-electron chi connectivity index (χ4n) is 2.70. The van der Waals surface area contributed by atoms with E-state index in [0.29, 0.717) is 0 Å². The number of halogens is 1. The summed E-state index contributed by atoms with van der Waals surface area (Å²) >= 11 is 0. The molecule has 0 radical (unpaired) electrons. The molecule has 0 bridgehead atoms. The molecule has 0 amide bonds. The number of hydrogen-bond acceptors (Lipinski definition) is 1. The van der Waals surface area contributed by atoms with Gasteiger partial charge in [-0.25, -0.2) is 4.39 Å². The van der Waals surface area contributed by atoms with E-state index in [9.17, 15) is 4.39 Å². The Labute approximate surface area is 103 Å². The topological polar surface area (TPSA) is 12.0 Å². The lowest BCUT2D eigenvalue weighted by Crippen LogP contribution is -2.21. The molecule has 0 saturated heterocycles. The summed E-state index contributed by atoms with van der Waals surface area (Å²) in [6, 6.07) is 7.12. The van der Waals surface area contributed by atoms with E-state index in [1.807, 2.05) is 6.07 Å². The Morgan fingerprint density at radius 2 is 2.12 bits per heavy atom. The fraction of sp³-hybridized carbons (Fsp3) is 0.600. The Balaban J connectivity index is 1.74. The van der Waals surface area contributed by atoms with Gasteiger partial charge in [-0.2, -0.15) is 0 Å². The van der Waals surface area contributed by atoms with Crippen molar-refractivity contribution in [1.29, 1.82) is 0 Å².